The minimum Gasteiger partial charge on any atom is -0.321 e. The van der Waals surface area contributed by atoms with Gasteiger partial charge in [0.25, 0.3) is 0 Å². The van der Waals surface area contributed by atoms with Crippen LogP contribution in [0.4, 0.5) is 0 Å². The smallest absolute Gasteiger partial charge is 0.135 e. The second kappa shape index (κ2) is 2.83. The molecule has 4 heteroatoms. The van der Waals surface area contributed by atoms with Crippen molar-refractivity contribution in [3.63, 3.8) is 0 Å². The number of nitrogens with two attached hydrogens (primary N) is 1. The maximum atomic E-state index is 6.17. The molecule has 1 aliphatic rings. The van der Waals surface area contributed by atoms with Crippen molar-refractivity contribution in [1.29, 1.82) is 0 Å². The first-order chi connectivity index (χ1) is 7.10. The van der Waals surface area contributed by atoms with E-state index in [9.17, 15) is 0 Å². The third kappa shape index (κ3) is 1.32. The number of nitrogens with zero attached hydrogens (tertiary/aromatic N) is 2. The zero-order chi connectivity index (χ0) is 10.6. The van der Waals surface area contributed by atoms with Crippen molar-refractivity contribution in [2.75, 3.05) is 0 Å². The van der Waals surface area contributed by atoms with E-state index in [1.807, 2.05) is 11.7 Å². The minimum atomic E-state index is -0.0645. The quantitative estimate of drug-likeness (QED) is 0.860. The normalized spacial score (nSPS) is 18.3. The van der Waals surface area contributed by atoms with Gasteiger partial charge in [0.15, 0.2) is 0 Å². The summed E-state index contributed by atoms with van der Waals surface area (Å²) in [5, 5.41) is 5.47. The number of hydrogen-bond acceptors (Lipinski definition) is 2. The lowest BCUT2D eigenvalue weighted by molar-refractivity contribution is 0.738. The van der Waals surface area contributed by atoms with Gasteiger partial charge in [0.1, 0.15) is 4.60 Å². The molecule has 3 rings (SSSR count). The van der Waals surface area contributed by atoms with Gasteiger partial charge >= 0.3 is 0 Å². The fourth-order valence-corrected chi connectivity index (χ4v) is 2.52. The Morgan fingerprint density at radius 1 is 1.47 bits per heavy atom. The van der Waals surface area contributed by atoms with E-state index >= 15 is 0 Å². The monoisotopic (exact) mass is 265 g/mol. The van der Waals surface area contributed by atoms with E-state index in [0.717, 1.165) is 28.3 Å². The summed E-state index contributed by atoms with van der Waals surface area (Å²) in [7, 11) is 1.95. The molecule has 78 valence electrons. The number of fused-ring (bicyclic) bond motifs is 1. The van der Waals surface area contributed by atoms with Gasteiger partial charge in [-0.2, -0.15) is 5.10 Å². The van der Waals surface area contributed by atoms with Crippen LogP contribution in [0.5, 0.6) is 0 Å². The Hall–Kier alpha value is -0.870. The van der Waals surface area contributed by atoms with Gasteiger partial charge in [0.05, 0.1) is 5.52 Å². The molecule has 1 aromatic carbocycles. The molecular weight excluding hydrogens is 254 g/mol. The first kappa shape index (κ1) is 9.36. The van der Waals surface area contributed by atoms with Gasteiger partial charge in [-0.25, -0.2) is 0 Å². The highest BCUT2D eigenvalue weighted by Gasteiger charge is 2.40. The van der Waals surface area contributed by atoms with Crippen molar-refractivity contribution in [3.8, 4) is 0 Å². The Bertz CT molecular complexity index is 540. The van der Waals surface area contributed by atoms with Crippen LogP contribution >= 0.6 is 15.9 Å². The lowest BCUT2D eigenvalue weighted by Gasteiger charge is -2.08. The topological polar surface area (TPSA) is 43.8 Å². The molecule has 0 spiro atoms. The Morgan fingerprint density at radius 2 is 2.20 bits per heavy atom. The van der Waals surface area contributed by atoms with Crippen molar-refractivity contribution in [2.24, 2.45) is 12.8 Å². The highest BCUT2D eigenvalue weighted by Crippen LogP contribution is 2.43. The van der Waals surface area contributed by atoms with E-state index < -0.39 is 0 Å². The number of aryl methyl sites for hydroxylation is 1. The standard InChI is InChI=1S/C11H12BrN3/c1-15-9-6-7(11(13)4-5-11)2-3-8(9)10(12)14-15/h2-3,6H,4-5,13H2,1H3. The molecule has 1 heterocycles. The lowest BCUT2D eigenvalue weighted by Crippen LogP contribution is -2.18. The van der Waals surface area contributed by atoms with E-state index in [0.29, 0.717) is 0 Å². The summed E-state index contributed by atoms with van der Waals surface area (Å²) in [6.45, 7) is 0. The molecule has 15 heavy (non-hydrogen) atoms. The largest absolute Gasteiger partial charge is 0.321 e. The molecule has 0 aliphatic heterocycles. The second-order valence-corrected chi connectivity index (χ2v) is 5.05. The zero-order valence-electron chi connectivity index (χ0n) is 8.50. The fourth-order valence-electron chi connectivity index (χ4n) is 1.95. The third-order valence-corrected chi connectivity index (χ3v) is 3.76. The van der Waals surface area contributed by atoms with Crippen LogP contribution in [0.3, 0.4) is 0 Å². The molecule has 3 nitrogen and oxygen atoms in total. The van der Waals surface area contributed by atoms with Gasteiger partial charge in [-0.3, -0.25) is 4.68 Å². The molecule has 2 aromatic rings. The van der Waals surface area contributed by atoms with E-state index in [2.05, 4.69) is 39.2 Å². The fraction of sp³-hybridized carbons (Fsp3) is 0.364. The van der Waals surface area contributed by atoms with E-state index in [-0.39, 0.29) is 5.54 Å². The Kier molecular flexibility index (Phi) is 1.77. The molecule has 0 atom stereocenters. The number of hydrogen-bond donors (Lipinski definition) is 1. The molecule has 1 saturated carbocycles. The summed E-state index contributed by atoms with van der Waals surface area (Å²) in [6.07, 6.45) is 2.19. The molecule has 2 N–H and O–H groups in total. The van der Waals surface area contributed by atoms with Crippen molar-refractivity contribution in [2.45, 2.75) is 18.4 Å². The van der Waals surface area contributed by atoms with Crippen molar-refractivity contribution in [3.05, 3.63) is 28.4 Å². The third-order valence-electron chi connectivity index (χ3n) is 3.17. The number of rotatable bonds is 1. The van der Waals surface area contributed by atoms with Gasteiger partial charge in [-0.1, -0.05) is 6.07 Å². The molecule has 1 aliphatic carbocycles. The SMILES string of the molecule is Cn1nc(Br)c2ccc(C3(N)CC3)cc21. The average Bonchev–Trinajstić information content (AvgIpc) is 2.90. The molecule has 0 bridgehead atoms. The average molecular weight is 266 g/mol. The summed E-state index contributed by atoms with van der Waals surface area (Å²) in [5.41, 5.74) is 8.47. The Labute approximate surface area is 96.4 Å². The van der Waals surface area contributed by atoms with Crippen LogP contribution in [0.25, 0.3) is 10.9 Å². The Balaban J connectivity index is 2.25. The van der Waals surface area contributed by atoms with Crippen LogP contribution in [-0.4, -0.2) is 9.78 Å². The zero-order valence-corrected chi connectivity index (χ0v) is 10.1. The van der Waals surface area contributed by atoms with Gasteiger partial charge in [0, 0.05) is 18.0 Å². The van der Waals surface area contributed by atoms with Crippen molar-refractivity contribution >= 4 is 26.8 Å². The van der Waals surface area contributed by atoms with Gasteiger partial charge in [0.2, 0.25) is 0 Å². The van der Waals surface area contributed by atoms with Crippen LogP contribution < -0.4 is 5.73 Å². The van der Waals surface area contributed by atoms with Gasteiger partial charge in [-0.05, 0) is 46.5 Å². The molecule has 0 radical (unpaired) electrons. The van der Waals surface area contributed by atoms with E-state index in [4.69, 9.17) is 5.73 Å². The molecule has 0 saturated heterocycles. The van der Waals surface area contributed by atoms with Crippen LogP contribution in [0.2, 0.25) is 0 Å². The first-order valence-corrected chi connectivity index (χ1v) is 5.81. The molecule has 0 unspecified atom stereocenters. The number of aromatic nitrogens is 2. The van der Waals surface area contributed by atoms with Crippen LogP contribution in [-0.2, 0) is 12.6 Å². The van der Waals surface area contributed by atoms with E-state index in [1.165, 1.54) is 5.56 Å². The van der Waals surface area contributed by atoms with Crippen molar-refractivity contribution in [1.82, 2.24) is 9.78 Å². The summed E-state index contributed by atoms with van der Waals surface area (Å²) >= 11 is 3.45. The summed E-state index contributed by atoms with van der Waals surface area (Å²) in [4.78, 5) is 0. The van der Waals surface area contributed by atoms with Crippen LogP contribution in [0.1, 0.15) is 18.4 Å². The minimum absolute atomic E-state index is 0.0645. The second-order valence-electron chi connectivity index (χ2n) is 4.30. The van der Waals surface area contributed by atoms with E-state index in [1.54, 1.807) is 0 Å². The summed E-state index contributed by atoms with van der Waals surface area (Å²) < 4.78 is 2.78. The van der Waals surface area contributed by atoms with Crippen molar-refractivity contribution < 1.29 is 0 Å². The summed E-state index contributed by atoms with van der Waals surface area (Å²) in [6, 6.07) is 6.36. The lowest BCUT2D eigenvalue weighted by atomic mass is 10.0. The molecule has 1 aromatic heterocycles. The molecular formula is C11H12BrN3. The predicted octanol–water partition coefficient (Wildman–Crippen LogP) is 2.28. The molecule has 0 amide bonds. The Morgan fingerprint density at radius 3 is 2.87 bits per heavy atom. The highest BCUT2D eigenvalue weighted by molar-refractivity contribution is 9.10. The summed E-state index contributed by atoms with van der Waals surface area (Å²) in [5.74, 6) is 0. The van der Waals surface area contributed by atoms with Gasteiger partial charge < -0.3 is 5.73 Å². The number of halogens is 1. The van der Waals surface area contributed by atoms with Crippen LogP contribution in [0.15, 0.2) is 22.8 Å². The van der Waals surface area contributed by atoms with Crippen LogP contribution in [0, 0.1) is 0 Å². The highest BCUT2D eigenvalue weighted by atomic mass is 79.9. The maximum Gasteiger partial charge on any atom is 0.135 e. The predicted molar refractivity (Wildman–Crippen MR) is 63.5 cm³/mol. The van der Waals surface area contributed by atoms with Gasteiger partial charge in [-0.15, -0.1) is 0 Å². The number of benzene rings is 1. The molecule has 1 fully saturated rings. The maximum absolute atomic E-state index is 6.17. The first-order valence-electron chi connectivity index (χ1n) is 5.02.